The Hall–Kier alpha value is -0.640. The number of hydrogen-bond donors (Lipinski definition) is 1. The molecule has 0 spiro atoms. The first-order valence-corrected chi connectivity index (χ1v) is 9.04. The van der Waals surface area contributed by atoms with E-state index in [1.807, 2.05) is 0 Å². The molecule has 0 amide bonds. The lowest BCUT2D eigenvalue weighted by Crippen LogP contribution is -2.15. The quantitative estimate of drug-likeness (QED) is 0.729. The van der Waals surface area contributed by atoms with Gasteiger partial charge in [0.25, 0.3) is 0 Å². The molecule has 4 rings (SSSR count). The lowest BCUT2D eigenvalue weighted by atomic mass is 9.92. The molecular formula is C18H17Br2N. The molecule has 2 N–H and O–H groups in total. The van der Waals surface area contributed by atoms with Crippen LogP contribution >= 0.6 is 31.9 Å². The molecule has 2 aliphatic rings. The molecular weight excluding hydrogens is 390 g/mol. The number of hydrogen-bond acceptors (Lipinski definition) is 1. The van der Waals surface area contributed by atoms with Crippen molar-refractivity contribution >= 4 is 31.9 Å². The molecule has 0 radical (unpaired) electrons. The number of benzene rings is 2. The van der Waals surface area contributed by atoms with Gasteiger partial charge in [0.1, 0.15) is 0 Å². The average molecular weight is 407 g/mol. The van der Waals surface area contributed by atoms with Crippen molar-refractivity contribution in [3.05, 3.63) is 68.1 Å². The van der Waals surface area contributed by atoms with Crippen molar-refractivity contribution in [1.82, 2.24) is 0 Å². The molecule has 3 heteroatoms. The van der Waals surface area contributed by atoms with Crippen LogP contribution in [-0.2, 0) is 6.42 Å². The van der Waals surface area contributed by atoms with Crippen molar-refractivity contribution in [3.63, 3.8) is 0 Å². The molecule has 1 nitrogen and oxygen atoms in total. The zero-order chi connectivity index (χ0) is 14.6. The van der Waals surface area contributed by atoms with Crippen molar-refractivity contribution in [2.24, 2.45) is 17.6 Å². The molecule has 108 valence electrons. The van der Waals surface area contributed by atoms with Crippen molar-refractivity contribution in [1.29, 1.82) is 0 Å². The highest BCUT2D eigenvalue weighted by Gasteiger charge is 2.55. The summed E-state index contributed by atoms with van der Waals surface area (Å²) >= 11 is 7.22. The zero-order valence-corrected chi connectivity index (χ0v) is 14.8. The van der Waals surface area contributed by atoms with Gasteiger partial charge in [0, 0.05) is 15.0 Å². The molecule has 4 atom stereocenters. The van der Waals surface area contributed by atoms with E-state index < -0.39 is 0 Å². The number of rotatable bonds is 2. The van der Waals surface area contributed by atoms with Gasteiger partial charge in [-0.05, 0) is 65.5 Å². The van der Waals surface area contributed by atoms with Gasteiger partial charge in [-0.15, -0.1) is 0 Å². The summed E-state index contributed by atoms with van der Waals surface area (Å²) in [5, 5.41) is 0. The molecule has 4 unspecified atom stereocenters. The number of nitrogens with two attached hydrogens (primary N) is 1. The second kappa shape index (κ2) is 5.22. The van der Waals surface area contributed by atoms with Gasteiger partial charge >= 0.3 is 0 Å². The monoisotopic (exact) mass is 405 g/mol. The highest BCUT2D eigenvalue weighted by molar-refractivity contribution is 9.11. The Morgan fingerprint density at radius 2 is 1.90 bits per heavy atom. The van der Waals surface area contributed by atoms with E-state index in [0.29, 0.717) is 11.8 Å². The van der Waals surface area contributed by atoms with Gasteiger partial charge < -0.3 is 5.73 Å². The third kappa shape index (κ3) is 2.30. The second-order valence-electron chi connectivity index (χ2n) is 6.20. The molecule has 0 aliphatic heterocycles. The lowest BCUT2D eigenvalue weighted by Gasteiger charge is -2.15. The van der Waals surface area contributed by atoms with E-state index in [4.69, 9.17) is 5.73 Å². The smallest absolute Gasteiger partial charge is 0.0344 e. The summed E-state index contributed by atoms with van der Waals surface area (Å²) in [6.45, 7) is 0. The SMILES string of the molecule is NC(c1cc(Br)ccc1Br)C1C2CCc3ccccc3C21. The minimum absolute atomic E-state index is 0.109. The predicted molar refractivity (Wildman–Crippen MR) is 93.3 cm³/mol. The Balaban J connectivity index is 1.66. The van der Waals surface area contributed by atoms with Crippen molar-refractivity contribution in [2.75, 3.05) is 0 Å². The van der Waals surface area contributed by atoms with Crippen LogP contribution in [0.4, 0.5) is 0 Å². The molecule has 21 heavy (non-hydrogen) atoms. The van der Waals surface area contributed by atoms with Crippen LogP contribution in [0, 0.1) is 11.8 Å². The van der Waals surface area contributed by atoms with Gasteiger partial charge in [-0.25, -0.2) is 0 Å². The van der Waals surface area contributed by atoms with E-state index in [0.717, 1.165) is 14.9 Å². The van der Waals surface area contributed by atoms with E-state index in [2.05, 4.69) is 74.3 Å². The maximum atomic E-state index is 6.64. The lowest BCUT2D eigenvalue weighted by molar-refractivity contribution is 0.554. The third-order valence-electron chi connectivity index (χ3n) is 5.12. The molecule has 0 saturated heterocycles. The molecule has 1 saturated carbocycles. The summed E-state index contributed by atoms with van der Waals surface area (Å²) in [7, 11) is 0. The van der Waals surface area contributed by atoms with Gasteiger partial charge in [-0.3, -0.25) is 0 Å². The molecule has 0 aromatic heterocycles. The fourth-order valence-electron chi connectivity index (χ4n) is 4.09. The minimum atomic E-state index is 0.109. The van der Waals surface area contributed by atoms with E-state index in [9.17, 15) is 0 Å². The molecule has 0 bridgehead atoms. The highest BCUT2D eigenvalue weighted by atomic mass is 79.9. The third-order valence-corrected chi connectivity index (χ3v) is 6.34. The molecule has 2 aromatic rings. The van der Waals surface area contributed by atoms with Crippen LogP contribution < -0.4 is 5.73 Å². The second-order valence-corrected chi connectivity index (χ2v) is 7.97. The van der Waals surface area contributed by atoms with Gasteiger partial charge in [0.2, 0.25) is 0 Å². The van der Waals surface area contributed by atoms with Crippen LogP contribution in [0.3, 0.4) is 0 Å². The highest BCUT2D eigenvalue weighted by Crippen LogP contribution is 2.64. The fourth-order valence-corrected chi connectivity index (χ4v) is 4.98. The van der Waals surface area contributed by atoms with Crippen LogP contribution in [0.2, 0.25) is 0 Å². The Labute approximate surface area is 142 Å². The Morgan fingerprint density at radius 3 is 2.76 bits per heavy atom. The summed E-state index contributed by atoms with van der Waals surface area (Å²) in [5.41, 5.74) is 10.9. The molecule has 2 aromatic carbocycles. The Morgan fingerprint density at radius 1 is 1.10 bits per heavy atom. The average Bonchev–Trinajstić information content (AvgIpc) is 3.24. The summed E-state index contributed by atoms with van der Waals surface area (Å²) in [5.74, 6) is 2.01. The first-order chi connectivity index (χ1) is 10.2. The maximum Gasteiger partial charge on any atom is 0.0344 e. The largest absolute Gasteiger partial charge is 0.324 e. The summed E-state index contributed by atoms with van der Waals surface area (Å²) in [4.78, 5) is 0. The van der Waals surface area contributed by atoms with E-state index in [-0.39, 0.29) is 6.04 Å². The van der Waals surface area contributed by atoms with Gasteiger partial charge in [0.05, 0.1) is 0 Å². The van der Waals surface area contributed by atoms with E-state index in [1.54, 1.807) is 5.56 Å². The van der Waals surface area contributed by atoms with Crippen molar-refractivity contribution < 1.29 is 0 Å². The van der Waals surface area contributed by atoms with Crippen molar-refractivity contribution in [2.45, 2.75) is 24.8 Å². The standard InChI is InChI=1S/C18H17Br2N/c19-11-6-8-15(20)14(9-11)18(21)17-13-7-5-10-3-1-2-4-12(10)16(13)17/h1-4,6,8-9,13,16-18H,5,7,21H2. The number of halogens is 2. The summed E-state index contributed by atoms with van der Waals surface area (Å²) in [6.07, 6.45) is 2.49. The fraction of sp³-hybridized carbons (Fsp3) is 0.333. The first-order valence-electron chi connectivity index (χ1n) is 7.45. The van der Waals surface area contributed by atoms with Crippen LogP contribution in [0.5, 0.6) is 0 Å². The molecule has 2 aliphatic carbocycles. The topological polar surface area (TPSA) is 26.0 Å². The minimum Gasteiger partial charge on any atom is -0.324 e. The molecule has 0 heterocycles. The summed E-state index contributed by atoms with van der Waals surface area (Å²) in [6, 6.07) is 15.3. The normalized spacial score (nSPS) is 27.7. The Bertz CT molecular complexity index is 697. The van der Waals surface area contributed by atoms with E-state index in [1.165, 1.54) is 24.0 Å². The Kier molecular flexibility index (Phi) is 3.48. The van der Waals surface area contributed by atoms with Crippen LogP contribution in [0.15, 0.2) is 51.4 Å². The summed E-state index contributed by atoms with van der Waals surface area (Å²) < 4.78 is 2.22. The van der Waals surface area contributed by atoms with Gasteiger partial charge in [0.15, 0.2) is 0 Å². The van der Waals surface area contributed by atoms with Crippen LogP contribution in [0.1, 0.15) is 35.1 Å². The number of fused-ring (bicyclic) bond motifs is 3. The van der Waals surface area contributed by atoms with Crippen molar-refractivity contribution in [3.8, 4) is 0 Å². The number of aryl methyl sites for hydroxylation is 1. The van der Waals surface area contributed by atoms with Gasteiger partial charge in [-0.2, -0.15) is 0 Å². The zero-order valence-electron chi connectivity index (χ0n) is 11.6. The maximum absolute atomic E-state index is 6.64. The first kappa shape index (κ1) is 14.0. The van der Waals surface area contributed by atoms with Crippen LogP contribution in [0.25, 0.3) is 0 Å². The van der Waals surface area contributed by atoms with E-state index >= 15 is 0 Å². The predicted octanol–water partition coefficient (Wildman–Crippen LogP) is 5.19. The molecule has 1 fully saturated rings. The van der Waals surface area contributed by atoms with Crippen LogP contribution in [-0.4, -0.2) is 0 Å². The van der Waals surface area contributed by atoms with Gasteiger partial charge in [-0.1, -0.05) is 56.1 Å².